The summed E-state index contributed by atoms with van der Waals surface area (Å²) in [7, 11) is 0. The lowest BCUT2D eigenvalue weighted by molar-refractivity contribution is 0.0551. The molecule has 0 amide bonds. The molecule has 1 aromatic rings. The maximum absolute atomic E-state index is 6.21. The Morgan fingerprint density at radius 3 is 2.50 bits per heavy atom. The summed E-state index contributed by atoms with van der Waals surface area (Å²) in [6, 6.07) is 3.61. The highest BCUT2D eigenvalue weighted by atomic mass is 35.5. The van der Waals surface area contributed by atoms with Gasteiger partial charge >= 0.3 is 0 Å². The number of ether oxygens (including phenoxy) is 2. The molecule has 114 valence electrons. The normalized spacial score (nSPS) is 12.8. The first-order valence-corrected chi connectivity index (χ1v) is 7.67. The maximum Gasteiger partial charge on any atom is 0.141 e. The summed E-state index contributed by atoms with van der Waals surface area (Å²) >= 11 is 12.3. The fourth-order valence-electron chi connectivity index (χ4n) is 1.78. The Labute approximate surface area is 131 Å². The van der Waals surface area contributed by atoms with E-state index in [0.29, 0.717) is 35.4 Å². The van der Waals surface area contributed by atoms with Crippen LogP contribution in [0.1, 0.15) is 32.8 Å². The van der Waals surface area contributed by atoms with Gasteiger partial charge in [0.2, 0.25) is 0 Å². The van der Waals surface area contributed by atoms with Crippen molar-refractivity contribution in [2.24, 2.45) is 5.73 Å². The van der Waals surface area contributed by atoms with Gasteiger partial charge in [0.05, 0.1) is 17.7 Å². The van der Waals surface area contributed by atoms with Crippen molar-refractivity contribution in [1.29, 1.82) is 0 Å². The van der Waals surface area contributed by atoms with E-state index in [1.165, 1.54) is 0 Å². The Morgan fingerprint density at radius 1 is 1.20 bits per heavy atom. The van der Waals surface area contributed by atoms with Crippen LogP contribution in [-0.4, -0.2) is 25.4 Å². The van der Waals surface area contributed by atoms with Crippen LogP contribution in [0.3, 0.4) is 0 Å². The summed E-state index contributed by atoms with van der Waals surface area (Å²) < 4.78 is 11.2. The smallest absolute Gasteiger partial charge is 0.141 e. The molecule has 0 fully saturated rings. The molecule has 0 aliphatic heterocycles. The van der Waals surface area contributed by atoms with E-state index in [1.807, 2.05) is 26.8 Å². The van der Waals surface area contributed by atoms with Crippen LogP contribution >= 0.6 is 23.2 Å². The fraction of sp³-hybridized carbons (Fsp3) is 0.600. The van der Waals surface area contributed by atoms with Crippen molar-refractivity contribution in [1.82, 2.24) is 0 Å². The maximum atomic E-state index is 6.21. The number of hydrogen-bond donors (Lipinski definition) is 1. The molecule has 0 aliphatic carbocycles. The molecule has 0 saturated carbocycles. The van der Waals surface area contributed by atoms with Gasteiger partial charge in [-0.3, -0.25) is 0 Å². The Kier molecular flexibility index (Phi) is 7.67. The van der Waals surface area contributed by atoms with Crippen LogP contribution in [0, 0.1) is 0 Å². The van der Waals surface area contributed by atoms with Crippen LogP contribution in [0.25, 0.3) is 0 Å². The third-order valence-corrected chi connectivity index (χ3v) is 3.37. The average Bonchev–Trinajstić information content (AvgIpc) is 2.36. The Hall–Kier alpha value is -0.480. The Morgan fingerprint density at radius 2 is 1.90 bits per heavy atom. The first kappa shape index (κ1) is 17.6. The van der Waals surface area contributed by atoms with Gasteiger partial charge in [0.25, 0.3) is 0 Å². The molecule has 20 heavy (non-hydrogen) atoms. The zero-order valence-electron chi connectivity index (χ0n) is 12.3. The van der Waals surface area contributed by atoms with Gasteiger partial charge in [-0.2, -0.15) is 0 Å². The van der Waals surface area contributed by atoms with Crippen molar-refractivity contribution < 1.29 is 9.47 Å². The highest BCUT2D eigenvalue weighted by molar-refractivity contribution is 6.35. The summed E-state index contributed by atoms with van der Waals surface area (Å²) in [6.45, 7) is 7.00. The monoisotopic (exact) mass is 319 g/mol. The van der Waals surface area contributed by atoms with Crippen LogP contribution in [0.2, 0.25) is 10.0 Å². The molecular formula is C15H23Cl2NO2. The van der Waals surface area contributed by atoms with Crippen molar-refractivity contribution in [2.75, 3.05) is 13.2 Å². The zero-order valence-corrected chi connectivity index (χ0v) is 13.8. The van der Waals surface area contributed by atoms with Gasteiger partial charge in [-0.1, -0.05) is 30.1 Å². The minimum absolute atomic E-state index is 0.0683. The number of nitrogens with two attached hydrogens (primary N) is 1. The van der Waals surface area contributed by atoms with E-state index in [-0.39, 0.29) is 12.1 Å². The summed E-state index contributed by atoms with van der Waals surface area (Å²) in [5, 5.41) is 1.11. The Bertz CT molecular complexity index is 425. The summed E-state index contributed by atoms with van der Waals surface area (Å²) in [4.78, 5) is 0. The van der Waals surface area contributed by atoms with E-state index in [2.05, 4.69) is 0 Å². The lowest BCUT2D eigenvalue weighted by atomic mass is 10.0. The van der Waals surface area contributed by atoms with E-state index < -0.39 is 0 Å². The van der Waals surface area contributed by atoms with Crippen LogP contribution in [0.5, 0.6) is 5.75 Å². The van der Waals surface area contributed by atoms with E-state index in [4.69, 9.17) is 38.4 Å². The van der Waals surface area contributed by atoms with Crippen molar-refractivity contribution in [3.8, 4) is 5.75 Å². The quantitative estimate of drug-likeness (QED) is 0.734. The standard InChI is InChI=1S/C15H23Cl2NO2/c1-4-13(18)8-11-7-12(16)9-14(17)15(11)20-6-5-19-10(2)3/h7,9-10,13H,4-6,8,18H2,1-3H3. The molecule has 2 N–H and O–H groups in total. The molecular weight excluding hydrogens is 297 g/mol. The van der Waals surface area contributed by atoms with Crippen molar-refractivity contribution in [2.45, 2.75) is 45.8 Å². The highest BCUT2D eigenvalue weighted by Crippen LogP contribution is 2.33. The molecule has 0 spiro atoms. The first-order valence-electron chi connectivity index (χ1n) is 6.92. The zero-order chi connectivity index (χ0) is 15.1. The van der Waals surface area contributed by atoms with Crippen molar-refractivity contribution in [3.05, 3.63) is 27.7 Å². The van der Waals surface area contributed by atoms with Crippen molar-refractivity contribution >= 4 is 23.2 Å². The van der Waals surface area contributed by atoms with E-state index in [0.717, 1.165) is 12.0 Å². The van der Waals surface area contributed by atoms with Crippen LogP contribution in [0.4, 0.5) is 0 Å². The molecule has 0 aliphatic rings. The molecule has 1 aromatic carbocycles. The molecule has 0 bridgehead atoms. The number of rotatable bonds is 8. The largest absolute Gasteiger partial charge is 0.489 e. The SMILES string of the molecule is CCC(N)Cc1cc(Cl)cc(Cl)c1OCCOC(C)C. The van der Waals surface area contributed by atoms with E-state index >= 15 is 0 Å². The van der Waals surface area contributed by atoms with E-state index in [9.17, 15) is 0 Å². The van der Waals surface area contributed by atoms with E-state index in [1.54, 1.807) is 6.07 Å². The predicted molar refractivity (Wildman–Crippen MR) is 85.0 cm³/mol. The molecule has 0 heterocycles. The third-order valence-electron chi connectivity index (χ3n) is 2.87. The first-order chi connectivity index (χ1) is 9.43. The van der Waals surface area contributed by atoms with Gasteiger partial charge in [0, 0.05) is 11.1 Å². The summed E-state index contributed by atoms with van der Waals surface area (Å²) in [5.41, 5.74) is 6.95. The van der Waals surface area contributed by atoms with Gasteiger partial charge in [-0.25, -0.2) is 0 Å². The second-order valence-corrected chi connectivity index (χ2v) is 5.86. The second kappa shape index (κ2) is 8.73. The molecule has 0 aromatic heterocycles. The molecule has 1 unspecified atom stereocenters. The summed E-state index contributed by atoms with van der Waals surface area (Å²) in [5.74, 6) is 0.660. The number of halogens is 2. The number of hydrogen-bond acceptors (Lipinski definition) is 3. The molecule has 1 rings (SSSR count). The van der Waals surface area contributed by atoms with Crippen LogP contribution in [0.15, 0.2) is 12.1 Å². The van der Waals surface area contributed by atoms with Gasteiger partial charge < -0.3 is 15.2 Å². The second-order valence-electron chi connectivity index (χ2n) is 5.02. The minimum Gasteiger partial charge on any atom is -0.489 e. The van der Waals surface area contributed by atoms with Gasteiger partial charge in [-0.15, -0.1) is 0 Å². The molecule has 3 nitrogen and oxygen atoms in total. The topological polar surface area (TPSA) is 44.5 Å². The third kappa shape index (κ3) is 5.88. The molecule has 1 atom stereocenters. The van der Waals surface area contributed by atoms with Crippen molar-refractivity contribution in [3.63, 3.8) is 0 Å². The van der Waals surface area contributed by atoms with Crippen LogP contribution < -0.4 is 10.5 Å². The van der Waals surface area contributed by atoms with Gasteiger partial charge in [0.1, 0.15) is 12.4 Å². The van der Waals surface area contributed by atoms with Gasteiger partial charge in [-0.05, 0) is 44.4 Å². The molecule has 5 heteroatoms. The van der Waals surface area contributed by atoms with Gasteiger partial charge in [0.15, 0.2) is 0 Å². The summed E-state index contributed by atoms with van der Waals surface area (Å²) in [6.07, 6.45) is 1.77. The minimum atomic E-state index is 0.0683. The Balaban J connectivity index is 2.76. The predicted octanol–water partition coefficient (Wildman–Crippen LogP) is 4.08. The number of benzene rings is 1. The fourth-order valence-corrected chi connectivity index (χ4v) is 2.37. The molecule has 0 radical (unpaired) electrons. The lowest BCUT2D eigenvalue weighted by Crippen LogP contribution is -2.22. The lowest BCUT2D eigenvalue weighted by Gasteiger charge is -2.17. The van der Waals surface area contributed by atoms with Crippen LogP contribution in [-0.2, 0) is 11.2 Å². The average molecular weight is 320 g/mol. The molecule has 0 saturated heterocycles. The highest BCUT2D eigenvalue weighted by Gasteiger charge is 2.13.